The summed E-state index contributed by atoms with van der Waals surface area (Å²) in [7, 11) is 0. The third-order valence-corrected chi connectivity index (χ3v) is 4.28. The molecule has 1 aromatic carbocycles. The van der Waals surface area contributed by atoms with Gasteiger partial charge in [0.1, 0.15) is 0 Å². The molecule has 1 N–H and O–H groups in total. The van der Waals surface area contributed by atoms with Crippen molar-refractivity contribution >= 4 is 22.6 Å². The number of rotatable bonds is 5. The van der Waals surface area contributed by atoms with E-state index in [1.54, 1.807) is 0 Å². The minimum atomic E-state index is 0.289. The fourth-order valence-corrected chi connectivity index (χ4v) is 2.81. The molecule has 2 rings (SSSR count). The van der Waals surface area contributed by atoms with Gasteiger partial charge in [-0.15, -0.1) is 0 Å². The van der Waals surface area contributed by atoms with Crippen LogP contribution in [0, 0.1) is 8.99 Å². The number of hydrogen-bond donors (Lipinski definition) is 1. The zero-order valence-corrected chi connectivity index (χ0v) is 13.4. The maximum atomic E-state index is 5.65. The van der Waals surface area contributed by atoms with Crippen molar-refractivity contribution < 1.29 is 4.74 Å². The van der Waals surface area contributed by atoms with Crippen LogP contribution in [0.15, 0.2) is 24.3 Å². The first-order valence-electron chi connectivity index (χ1n) is 6.65. The molecule has 1 unspecified atom stereocenters. The van der Waals surface area contributed by atoms with Gasteiger partial charge in [-0.1, -0.05) is 26.0 Å². The molecule has 0 spiro atoms. The topological polar surface area (TPSA) is 21.3 Å². The molecule has 1 aromatic rings. The monoisotopic (exact) mass is 359 g/mol. The molecular formula is C15H22INO. The van der Waals surface area contributed by atoms with Gasteiger partial charge in [-0.2, -0.15) is 0 Å². The second kappa shape index (κ2) is 6.35. The fourth-order valence-electron chi connectivity index (χ4n) is 2.45. The van der Waals surface area contributed by atoms with Crippen LogP contribution in [0.5, 0.6) is 0 Å². The SMILES string of the molecule is CC(C)NCC1(Cc2ccc(I)cc2)CCOC1. The van der Waals surface area contributed by atoms with E-state index >= 15 is 0 Å². The summed E-state index contributed by atoms with van der Waals surface area (Å²) in [4.78, 5) is 0. The van der Waals surface area contributed by atoms with Crippen LogP contribution in [0.4, 0.5) is 0 Å². The Labute approximate surface area is 124 Å². The predicted molar refractivity (Wildman–Crippen MR) is 83.9 cm³/mol. The number of halogens is 1. The van der Waals surface area contributed by atoms with Crippen LogP contribution in [0.3, 0.4) is 0 Å². The van der Waals surface area contributed by atoms with Crippen molar-refractivity contribution in [3.8, 4) is 0 Å². The van der Waals surface area contributed by atoms with Crippen LogP contribution < -0.4 is 5.32 Å². The molecule has 1 heterocycles. The molecule has 0 radical (unpaired) electrons. The van der Waals surface area contributed by atoms with E-state index in [1.807, 2.05) is 0 Å². The van der Waals surface area contributed by atoms with E-state index in [0.717, 1.165) is 26.2 Å². The summed E-state index contributed by atoms with van der Waals surface area (Å²) < 4.78 is 6.95. The van der Waals surface area contributed by atoms with Crippen molar-refractivity contribution in [1.29, 1.82) is 0 Å². The van der Waals surface area contributed by atoms with E-state index < -0.39 is 0 Å². The first-order chi connectivity index (χ1) is 8.60. The number of ether oxygens (including phenoxy) is 1. The van der Waals surface area contributed by atoms with Crippen LogP contribution in [0.2, 0.25) is 0 Å². The van der Waals surface area contributed by atoms with Gasteiger partial charge in [0.2, 0.25) is 0 Å². The summed E-state index contributed by atoms with van der Waals surface area (Å²) in [6.07, 6.45) is 2.28. The lowest BCUT2D eigenvalue weighted by Crippen LogP contribution is -2.39. The van der Waals surface area contributed by atoms with Gasteiger partial charge < -0.3 is 10.1 Å². The fraction of sp³-hybridized carbons (Fsp3) is 0.600. The van der Waals surface area contributed by atoms with Gasteiger partial charge in [0.25, 0.3) is 0 Å². The van der Waals surface area contributed by atoms with Crippen LogP contribution in [-0.2, 0) is 11.2 Å². The highest BCUT2D eigenvalue weighted by Crippen LogP contribution is 2.32. The van der Waals surface area contributed by atoms with Gasteiger partial charge in [-0.3, -0.25) is 0 Å². The molecule has 1 atom stereocenters. The lowest BCUT2D eigenvalue weighted by molar-refractivity contribution is 0.148. The Morgan fingerprint density at radius 2 is 2.06 bits per heavy atom. The van der Waals surface area contributed by atoms with Crippen molar-refractivity contribution in [3.05, 3.63) is 33.4 Å². The second-order valence-electron chi connectivity index (χ2n) is 5.64. The lowest BCUT2D eigenvalue weighted by Gasteiger charge is -2.29. The average molecular weight is 359 g/mol. The molecule has 1 saturated heterocycles. The van der Waals surface area contributed by atoms with Crippen LogP contribution in [0.1, 0.15) is 25.8 Å². The highest BCUT2D eigenvalue weighted by atomic mass is 127. The molecule has 3 heteroatoms. The molecule has 0 bridgehead atoms. The first-order valence-corrected chi connectivity index (χ1v) is 7.73. The highest BCUT2D eigenvalue weighted by molar-refractivity contribution is 14.1. The molecule has 0 saturated carbocycles. The van der Waals surface area contributed by atoms with Gasteiger partial charge in [0, 0.05) is 28.2 Å². The molecule has 0 aromatic heterocycles. The number of nitrogens with one attached hydrogen (secondary N) is 1. The standard InChI is InChI=1S/C15H22INO/c1-12(2)17-10-15(7-8-18-11-15)9-13-3-5-14(16)6-4-13/h3-6,12,17H,7-11H2,1-2H3. The molecule has 1 fully saturated rings. The van der Waals surface area contributed by atoms with E-state index in [9.17, 15) is 0 Å². The smallest absolute Gasteiger partial charge is 0.0538 e. The van der Waals surface area contributed by atoms with E-state index in [2.05, 4.69) is 66.0 Å². The Kier molecular flexibility index (Phi) is 5.04. The third kappa shape index (κ3) is 3.93. The van der Waals surface area contributed by atoms with E-state index in [-0.39, 0.29) is 5.41 Å². The van der Waals surface area contributed by atoms with Crippen LogP contribution in [0.25, 0.3) is 0 Å². The highest BCUT2D eigenvalue weighted by Gasteiger charge is 2.34. The molecular weight excluding hydrogens is 337 g/mol. The third-order valence-electron chi connectivity index (χ3n) is 3.56. The summed E-state index contributed by atoms with van der Waals surface area (Å²) in [5, 5.41) is 3.58. The van der Waals surface area contributed by atoms with Gasteiger partial charge in [-0.25, -0.2) is 0 Å². The first kappa shape index (κ1) is 14.3. The Morgan fingerprint density at radius 1 is 1.33 bits per heavy atom. The minimum Gasteiger partial charge on any atom is -0.381 e. The molecule has 1 aliphatic heterocycles. The minimum absolute atomic E-state index is 0.289. The van der Waals surface area contributed by atoms with E-state index in [4.69, 9.17) is 4.74 Å². The molecule has 1 aliphatic rings. The van der Waals surface area contributed by atoms with Gasteiger partial charge in [0.15, 0.2) is 0 Å². The predicted octanol–water partition coefficient (Wildman–Crippen LogP) is 3.24. The molecule has 2 nitrogen and oxygen atoms in total. The van der Waals surface area contributed by atoms with Crippen molar-refractivity contribution in [1.82, 2.24) is 5.32 Å². The Morgan fingerprint density at radius 3 is 2.61 bits per heavy atom. The Balaban J connectivity index is 2.03. The summed E-state index contributed by atoms with van der Waals surface area (Å²) in [5.74, 6) is 0. The van der Waals surface area contributed by atoms with Gasteiger partial charge in [0.05, 0.1) is 6.61 Å². The maximum absolute atomic E-state index is 5.65. The quantitative estimate of drug-likeness (QED) is 0.815. The molecule has 0 amide bonds. The van der Waals surface area contributed by atoms with E-state index in [0.29, 0.717) is 6.04 Å². The normalized spacial score (nSPS) is 23.8. The molecule has 100 valence electrons. The van der Waals surface area contributed by atoms with Crippen molar-refractivity contribution in [3.63, 3.8) is 0 Å². The van der Waals surface area contributed by atoms with E-state index in [1.165, 1.54) is 15.6 Å². The van der Waals surface area contributed by atoms with Gasteiger partial charge >= 0.3 is 0 Å². The van der Waals surface area contributed by atoms with Crippen LogP contribution >= 0.6 is 22.6 Å². The lowest BCUT2D eigenvalue weighted by atomic mass is 9.80. The summed E-state index contributed by atoms with van der Waals surface area (Å²) >= 11 is 2.35. The van der Waals surface area contributed by atoms with Crippen LogP contribution in [-0.4, -0.2) is 25.8 Å². The van der Waals surface area contributed by atoms with Gasteiger partial charge in [-0.05, 0) is 53.1 Å². The largest absolute Gasteiger partial charge is 0.381 e. The average Bonchev–Trinajstić information content (AvgIpc) is 2.79. The number of hydrogen-bond acceptors (Lipinski definition) is 2. The second-order valence-corrected chi connectivity index (χ2v) is 6.89. The Bertz CT molecular complexity index is 369. The maximum Gasteiger partial charge on any atom is 0.0538 e. The zero-order valence-electron chi connectivity index (χ0n) is 11.2. The summed E-state index contributed by atoms with van der Waals surface area (Å²) in [6.45, 7) is 7.25. The van der Waals surface area contributed by atoms with Crippen molar-refractivity contribution in [2.45, 2.75) is 32.7 Å². The van der Waals surface area contributed by atoms with Crippen molar-refractivity contribution in [2.75, 3.05) is 19.8 Å². The van der Waals surface area contributed by atoms with Crippen molar-refractivity contribution in [2.24, 2.45) is 5.41 Å². The Hall–Kier alpha value is -0.130. The number of benzene rings is 1. The zero-order chi connectivity index (χ0) is 13.0. The molecule has 0 aliphatic carbocycles. The summed E-state index contributed by atoms with van der Waals surface area (Å²) in [5.41, 5.74) is 1.71. The summed E-state index contributed by atoms with van der Waals surface area (Å²) in [6, 6.07) is 9.41. The molecule has 18 heavy (non-hydrogen) atoms.